The van der Waals surface area contributed by atoms with Gasteiger partial charge < -0.3 is 20.6 Å². The second-order valence-corrected chi connectivity index (χ2v) is 6.80. The topological polar surface area (TPSA) is 81.7 Å². The number of carboxylic acids is 1. The fourth-order valence-corrected chi connectivity index (χ4v) is 3.30. The van der Waals surface area contributed by atoms with Gasteiger partial charge in [0.15, 0.2) is 0 Å². The van der Waals surface area contributed by atoms with Crippen LogP contribution in [0.2, 0.25) is 0 Å². The number of urea groups is 1. The third-order valence-corrected chi connectivity index (χ3v) is 4.80. The van der Waals surface area contributed by atoms with Crippen molar-refractivity contribution >= 4 is 12.0 Å². The molecule has 1 aliphatic heterocycles. The molecule has 1 saturated heterocycles. The summed E-state index contributed by atoms with van der Waals surface area (Å²) < 4.78 is 0. The molecular weight excluding hydrogens is 342 g/mol. The Balaban J connectivity index is 1.57. The van der Waals surface area contributed by atoms with E-state index in [-0.39, 0.29) is 17.6 Å². The summed E-state index contributed by atoms with van der Waals surface area (Å²) in [6, 6.07) is 16.2. The maximum Gasteiger partial charge on any atom is 0.335 e. The Morgan fingerprint density at radius 1 is 1.00 bits per heavy atom. The van der Waals surface area contributed by atoms with Gasteiger partial charge in [0.1, 0.15) is 0 Å². The number of nitrogens with zero attached hydrogens (tertiary/aromatic N) is 1. The maximum absolute atomic E-state index is 12.4. The minimum Gasteiger partial charge on any atom is -0.478 e. The molecule has 3 N–H and O–H groups in total. The number of carboxylic acid groups (broad SMARTS) is 1. The van der Waals surface area contributed by atoms with Crippen molar-refractivity contribution in [1.29, 1.82) is 0 Å². The Bertz CT molecular complexity index is 756. The van der Waals surface area contributed by atoms with Crippen LogP contribution in [0.15, 0.2) is 54.6 Å². The van der Waals surface area contributed by atoms with E-state index in [9.17, 15) is 9.59 Å². The maximum atomic E-state index is 12.4. The van der Waals surface area contributed by atoms with Gasteiger partial charge in [-0.05, 0) is 49.2 Å². The molecule has 2 aromatic carbocycles. The van der Waals surface area contributed by atoms with Crippen LogP contribution < -0.4 is 10.6 Å². The molecule has 0 spiro atoms. The second-order valence-electron chi connectivity index (χ2n) is 6.80. The number of hydrogen-bond acceptors (Lipinski definition) is 3. The highest BCUT2D eigenvalue weighted by Gasteiger charge is 2.20. The third-order valence-electron chi connectivity index (χ3n) is 4.80. The van der Waals surface area contributed by atoms with E-state index in [1.54, 1.807) is 12.1 Å². The van der Waals surface area contributed by atoms with Gasteiger partial charge in [0, 0.05) is 13.1 Å². The molecule has 2 aromatic rings. The Labute approximate surface area is 159 Å². The average Bonchev–Trinajstić information content (AvgIpc) is 3.20. The van der Waals surface area contributed by atoms with Gasteiger partial charge in [0.05, 0.1) is 11.6 Å². The molecule has 1 aliphatic rings. The zero-order chi connectivity index (χ0) is 19.1. The van der Waals surface area contributed by atoms with Crippen molar-refractivity contribution in [3.63, 3.8) is 0 Å². The molecule has 1 fully saturated rings. The summed E-state index contributed by atoms with van der Waals surface area (Å²) in [6.45, 7) is 3.28. The van der Waals surface area contributed by atoms with Crippen molar-refractivity contribution in [1.82, 2.24) is 15.5 Å². The standard InChI is InChI=1S/C21H25N3O3/c25-20(26)18-10-8-16(9-11-18)14-22-21(27)23-19(15-24-12-4-5-13-24)17-6-2-1-3-7-17/h1-3,6-11,19H,4-5,12-15H2,(H,25,26)(H2,22,23,27). The van der Waals surface area contributed by atoms with Gasteiger partial charge in [-0.15, -0.1) is 0 Å². The van der Waals surface area contributed by atoms with Crippen molar-refractivity contribution in [3.05, 3.63) is 71.3 Å². The van der Waals surface area contributed by atoms with Crippen molar-refractivity contribution < 1.29 is 14.7 Å². The molecule has 0 aromatic heterocycles. The van der Waals surface area contributed by atoms with Crippen LogP contribution in [-0.4, -0.2) is 41.6 Å². The van der Waals surface area contributed by atoms with Crippen LogP contribution in [0.4, 0.5) is 4.79 Å². The molecule has 1 atom stereocenters. The van der Waals surface area contributed by atoms with E-state index < -0.39 is 5.97 Å². The first kappa shape index (κ1) is 18.9. The molecule has 0 bridgehead atoms. The Morgan fingerprint density at radius 2 is 1.67 bits per heavy atom. The predicted octanol–water partition coefficient (Wildman–Crippen LogP) is 3.02. The van der Waals surface area contributed by atoms with E-state index in [2.05, 4.69) is 15.5 Å². The van der Waals surface area contributed by atoms with Crippen LogP contribution in [0.5, 0.6) is 0 Å². The summed E-state index contributed by atoms with van der Waals surface area (Å²) in [5, 5.41) is 14.9. The molecule has 0 radical (unpaired) electrons. The van der Waals surface area contributed by atoms with E-state index >= 15 is 0 Å². The van der Waals surface area contributed by atoms with Gasteiger partial charge in [-0.1, -0.05) is 42.5 Å². The Kier molecular flexibility index (Phi) is 6.44. The van der Waals surface area contributed by atoms with Crippen molar-refractivity contribution in [3.8, 4) is 0 Å². The first-order valence-corrected chi connectivity index (χ1v) is 9.26. The van der Waals surface area contributed by atoms with Crippen molar-refractivity contribution in [2.75, 3.05) is 19.6 Å². The first-order valence-electron chi connectivity index (χ1n) is 9.26. The van der Waals surface area contributed by atoms with Crippen LogP contribution in [0, 0.1) is 0 Å². The summed E-state index contributed by atoms with van der Waals surface area (Å²) in [6.07, 6.45) is 2.42. The molecule has 0 saturated carbocycles. The van der Waals surface area contributed by atoms with E-state index in [1.165, 1.54) is 25.0 Å². The fraction of sp³-hybridized carbons (Fsp3) is 0.333. The van der Waals surface area contributed by atoms with Crippen LogP contribution in [0.3, 0.4) is 0 Å². The highest BCUT2D eigenvalue weighted by Crippen LogP contribution is 2.17. The third kappa shape index (κ3) is 5.56. The van der Waals surface area contributed by atoms with Gasteiger partial charge in [0.2, 0.25) is 0 Å². The molecule has 6 heteroatoms. The minimum atomic E-state index is -0.958. The highest BCUT2D eigenvalue weighted by molar-refractivity contribution is 5.87. The van der Waals surface area contributed by atoms with E-state index in [4.69, 9.17) is 5.11 Å². The van der Waals surface area contributed by atoms with Gasteiger partial charge >= 0.3 is 12.0 Å². The number of amides is 2. The number of aromatic carboxylic acids is 1. The van der Waals surface area contributed by atoms with Gasteiger partial charge in [-0.2, -0.15) is 0 Å². The van der Waals surface area contributed by atoms with Crippen molar-refractivity contribution in [2.24, 2.45) is 0 Å². The quantitative estimate of drug-likeness (QED) is 0.703. The lowest BCUT2D eigenvalue weighted by molar-refractivity contribution is 0.0697. The SMILES string of the molecule is O=C(NCc1ccc(C(=O)O)cc1)NC(CN1CCCC1)c1ccccc1. The first-order chi connectivity index (χ1) is 13.1. The van der Waals surface area contributed by atoms with Crippen LogP contribution >= 0.6 is 0 Å². The van der Waals surface area contributed by atoms with Crippen LogP contribution in [0.25, 0.3) is 0 Å². The second kappa shape index (κ2) is 9.19. The van der Waals surface area contributed by atoms with Crippen LogP contribution in [0.1, 0.15) is 40.4 Å². The number of benzene rings is 2. The number of hydrogen-bond donors (Lipinski definition) is 3. The smallest absolute Gasteiger partial charge is 0.335 e. The van der Waals surface area contributed by atoms with E-state index in [0.29, 0.717) is 6.54 Å². The molecule has 0 aliphatic carbocycles. The molecule has 2 amide bonds. The monoisotopic (exact) mass is 367 g/mol. The molecular formula is C21H25N3O3. The van der Waals surface area contributed by atoms with Crippen LogP contribution in [-0.2, 0) is 6.54 Å². The van der Waals surface area contributed by atoms with E-state index in [1.807, 2.05) is 30.3 Å². The zero-order valence-corrected chi connectivity index (χ0v) is 15.2. The number of likely N-dealkylation sites (tertiary alicyclic amines) is 1. The molecule has 3 rings (SSSR count). The number of carbonyl (C=O) groups is 2. The Hall–Kier alpha value is -2.86. The normalized spacial score (nSPS) is 15.3. The fourth-order valence-electron chi connectivity index (χ4n) is 3.30. The minimum absolute atomic E-state index is 0.0707. The largest absolute Gasteiger partial charge is 0.478 e. The number of carbonyl (C=O) groups excluding carboxylic acids is 1. The highest BCUT2D eigenvalue weighted by atomic mass is 16.4. The summed E-state index contributed by atoms with van der Waals surface area (Å²) in [4.78, 5) is 25.7. The zero-order valence-electron chi connectivity index (χ0n) is 15.2. The summed E-state index contributed by atoms with van der Waals surface area (Å²) >= 11 is 0. The predicted molar refractivity (Wildman–Crippen MR) is 104 cm³/mol. The number of rotatable bonds is 7. The molecule has 27 heavy (non-hydrogen) atoms. The molecule has 1 heterocycles. The lowest BCUT2D eigenvalue weighted by Crippen LogP contribution is -2.42. The molecule has 142 valence electrons. The summed E-state index contributed by atoms with van der Waals surface area (Å²) in [5.41, 5.74) is 2.18. The van der Waals surface area contributed by atoms with Gasteiger partial charge in [-0.3, -0.25) is 0 Å². The molecule has 6 nitrogen and oxygen atoms in total. The summed E-state index contributed by atoms with van der Waals surface area (Å²) in [5.74, 6) is -0.958. The van der Waals surface area contributed by atoms with Gasteiger partial charge in [-0.25, -0.2) is 9.59 Å². The molecule has 1 unspecified atom stereocenters. The summed E-state index contributed by atoms with van der Waals surface area (Å²) in [7, 11) is 0. The average molecular weight is 367 g/mol. The lowest BCUT2D eigenvalue weighted by atomic mass is 10.1. The number of nitrogens with one attached hydrogen (secondary N) is 2. The Morgan fingerprint density at radius 3 is 2.30 bits per heavy atom. The van der Waals surface area contributed by atoms with Crippen molar-refractivity contribution in [2.45, 2.75) is 25.4 Å². The van der Waals surface area contributed by atoms with Gasteiger partial charge in [0.25, 0.3) is 0 Å². The van der Waals surface area contributed by atoms with E-state index in [0.717, 1.165) is 30.8 Å². The lowest BCUT2D eigenvalue weighted by Gasteiger charge is -2.25.